The largest absolute Gasteiger partial charge is 0.495 e. The number of hydrogen-bond acceptors (Lipinski definition) is 4. The van der Waals surface area contributed by atoms with Gasteiger partial charge in [0.25, 0.3) is 0 Å². The molecule has 1 aliphatic heterocycles. The molecule has 0 saturated carbocycles. The zero-order valence-corrected chi connectivity index (χ0v) is 13.4. The summed E-state index contributed by atoms with van der Waals surface area (Å²) in [7, 11) is 1.55. The average Bonchev–Trinajstić information content (AvgIpc) is 2.97. The molecule has 0 aliphatic carbocycles. The molecule has 1 saturated heterocycles. The number of hydrogen-bond donors (Lipinski definition) is 1. The third-order valence-corrected chi connectivity index (χ3v) is 4.03. The van der Waals surface area contributed by atoms with Gasteiger partial charge in [0.15, 0.2) is 0 Å². The van der Waals surface area contributed by atoms with Crippen LogP contribution in [0.3, 0.4) is 0 Å². The van der Waals surface area contributed by atoms with Crippen molar-refractivity contribution in [1.82, 2.24) is 9.88 Å². The first-order chi connectivity index (χ1) is 11.7. The molecule has 6 nitrogen and oxygen atoms in total. The Kier molecular flexibility index (Phi) is 4.74. The van der Waals surface area contributed by atoms with E-state index in [0.29, 0.717) is 24.5 Å². The van der Waals surface area contributed by atoms with Crippen LogP contribution >= 0.6 is 0 Å². The van der Waals surface area contributed by atoms with Crippen LogP contribution in [0.5, 0.6) is 5.75 Å². The van der Waals surface area contributed by atoms with Crippen LogP contribution in [0.4, 0.5) is 5.69 Å². The number of nitrogens with one attached hydrogen (secondary N) is 1. The minimum atomic E-state index is -0.369. The highest BCUT2D eigenvalue weighted by Crippen LogP contribution is 2.26. The number of carbonyl (C=O) groups excluding carboxylic acids is 2. The van der Waals surface area contributed by atoms with Crippen molar-refractivity contribution in [1.29, 1.82) is 0 Å². The van der Waals surface area contributed by atoms with Gasteiger partial charge in [0.1, 0.15) is 5.75 Å². The molecular formula is C18H19N3O3. The minimum absolute atomic E-state index is 0.0270. The van der Waals surface area contributed by atoms with E-state index in [2.05, 4.69) is 10.3 Å². The summed E-state index contributed by atoms with van der Waals surface area (Å²) in [6, 6.07) is 12.8. The van der Waals surface area contributed by atoms with Gasteiger partial charge in [-0.25, -0.2) is 0 Å². The van der Waals surface area contributed by atoms with Crippen LogP contribution in [0.25, 0.3) is 0 Å². The second-order valence-electron chi connectivity index (χ2n) is 5.69. The lowest BCUT2D eigenvalue weighted by molar-refractivity contribution is -0.128. The number of amides is 2. The number of nitrogens with zero attached hydrogens (tertiary/aromatic N) is 2. The highest BCUT2D eigenvalue weighted by molar-refractivity contribution is 5.98. The Balaban J connectivity index is 1.63. The highest BCUT2D eigenvalue weighted by atomic mass is 16.5. The number of anilines is 1. The SMILES string of the molecule is COc1ccccc1NC(=O)C1CC(=O)N(Cc2ccccn2)C1. The first-order valence-electron chi connectivity index (χ1n) is 7.79. The summed E-state index contributed by atoms with van der Waals surface area (Å²) in [6.45, 7) is 0.828. The quantitative estimate of drug-likeness (QED) is 0.913. The van der Waals surface area contributed by atoms with Gasteiger partial charge < -0.3 is 15.0 Å². The van der Waals surface area contributed by atoms with E-state index in [1.165, 1.54) is 0 Å². The number of aromatic nitrogens is 1. The molecule has 3 rings (SSSR count). The molecule has 1 aliphatic rings. The van der Waals surface area contributed by atoms with Gasteiger partial charge in [-0.2, -0.15) is 0 Å². The summed E-state index contributed by atoms with van der Waals surface area (Å²) in [5, 5.41) is 2.85. The average molecular weight is 325 g/mol. The zero-order chi connectivity index (χ0) is 16.9. The van der Waals surface area contributed by atoms with E-state index in [0.717, 1.165) is 5.69 Å². The van der Waals surface area contributed by atoms with Gasteiger partial charge in [-0.1, -0.05) is 18.2 Å². The molecule has 6 heteroatoms. The van der Waals surface area contributed by atoms with Crippen LogP contribution < -0.4 is 10.1 Å². The Morgan fingerprint density at radius 2 is 2.08 bits per heavy atom. The number of carbonyl (C=O) groups is 2. The second kappa shape index (κ2) is 7.12. The maximum Gasteiger partial charge on any atom is 0.229 e. The van der Waals surface area contributed by atoms with E-state index >= 15 is 0 Å². The maximum atomic E-state index is 12.5. The van der Waals surface area contributed by atoms with E-state index in [1.807, 2.05) is 30.3 Å². The molecule has 0 spiro atoms. The lowest BCUT2D eigenvalue weighted by Crippen LogP contribution is -2.28. The number of likely N-dealkylation sites (tertiary alicyclic amines) is 1. The fourth-order valence-electron chi connectivity index (χ4n) is 2.77. The van der Waals surface area contributed by atoms with Crippen LogP contribution in [0.2, 0.25) is 0 Å². The first kappa shape index (κ1) is 16.0. The van der Waals surface area contributed by atoms with Crippen molar-refractivity contribution in [3.63, 3.8) is 0 Å². The van der Waals surface area contributed by atoms with Gasteiger partial charge in [0.2, 0.25) is 11.8 Å². The molecule has 1 unspecified atom stereocenters. The van der Waals surface area contributed by atoms with Crippen LogP contribution in [0, 0.1) is 5.92 Å². The predicted molar refractivity (Wildman–Crippen MR) is 89.4 cm³/mol. The molecule has 1 fully saturated rings. The maximum absolute atomic E-state index is 12.5. The summed E-state index contributed by atoms with van der Waals surface area (Å²) in [4.78, 5) is 30.5. The summed E-state index contributed by atoms with van der Waals surface area (Å²) in [6.07, 6.45) is 1.91. The number of methoxy groups -OCH3 is 1. The third kappa shape index (κ3) is 3.53. The van der Waals surface area contributed by atoms with Crippen molar-refractivity contribution in [3.8, 4) is 5.75 Å². The molecule has 1 N–H and O–H groups in total. The molecule has 1 aromatic carbocycles. The second-order valence-corrected chi connectivity index (χ2v) is 5.69. The van der Waals surface area contributed by atoms with E-state index in [4.69, 9.17) is 4.74 Å². The highest BCUT2D eigenvalue weighted by Gasteiger charge is 2.34. The molecular weight excluding hydrogens is 306 g/mol. The van der Waals surface area contributed by atoms with Crippen molar-refractivity contribution in [2.45, 2.75) is 13.0 Å². The number of rotatable bonds is 5. The molecule has 2 heterocycles. The van der Waals surface area contributed by atoms with Crippen LogP contribution in [0.15, 0.2) is 48.7 Å². The Morgan fingerprint density at radius 1 is 1.29 bits per heavy atom. The number of pyridine rings is 1. The normalized spacial score (nSPS) is 17.0. The summed E-state index contributed by atoms with van der Waals surface area (Å²) >= 11 is 0. The van der Waals surface area contributed by atoms with Gasteiger partial charge in [-0.3, -0.25) is 14.6 Å². The van der Waals surface area contributed by atoms with Crippen molar-refractivity contribution < 1.29 is 14.3 Å². The molecule has 1 aromatic heterocycles. The molecule has 24 heavy (non-hydrogen) atoms. The van der Waals surface area contributed by atoms with E-state index in [-0.39, 0.29) is 24.2 Å². The van der Waals surface area contributed by atoms with Crippen LogP contribution in [-0.2, 0) is 16.1 Å². The Morgan fingerprint density at radius 3 is 2.83 bits per heavy atom. The van der Waals surface area contributed by atoms with Crippen molar-refractivity contribution in [2.24, 2.45) is 5.92 Å². The monoisotopic (exact) mass is 325 g/mol. The molecule has 0 bridgehead atoms. The fraction of sp³-hybridized carbons (Fsp3) is 0.278. The summed E-state index contributed by atoms with van der Waals surface area (Å²) in [5.74, 6) is 0.0313. The Labute approximate surface area is 140 Å². The summed E-state index contributed by atoms with van der Waals surface area (Å²) < 4.78 is 5.23. The fourth-order valence-corrected chi connectivity index (χ4v) is 2.77. The van der Waals surface area contributed by atoms with E-state index in [1.54, 1.807) is 30.3 Å². The topological polar surface area (TPSA) is 71.5 Å². The van der Waals surface area contributed by atoms with E-state index < -0.39 is 0 Å². The number of ether oxygens (including phenoxy) is 1. The van der Waals surface area contributed by atoms with Gasteiger partial charge in [0, 0.05) is 19.2 Å². The van der Waals surface area contributed by atoms with Crippen LogP contribution in [-0.4, -0.2) is 35.4 Å². The lowest BCUT2D eigenvalue weighted by atomic mass is 10.1. The first-order valence-corrected chi connectivity index (χ1v) is 7.79. The number of para-hydroxylation sites is 2. The van der Waals surface area contributed by atoms with Crippen LogP contribution in [0.1, 0.15) is 12.1 Å². The minimum Gasteiger partial charge on any atom is -0.495 e. The predicted octanol–water partition coefficient (Wildman–Crippen LogP) is 2.08. The Hall–Kier alpha value is -2.89. The number of benzene rings is 1. The molecule has 124 valence electrons. The lowest BCUT2D eigenvalue weighted by Gasteiger charge is -2.16. The Bertz CT molecular complexity index is 733. The summed E-state index contributed by atoms with van der Waals surface area (Å²) in [5.41, 5.74) is 1.43. The van der Waals surface area contributed by atoms with Crippen molar-refractivity contribution >= 4 is 17.5 Å². The standard InChI is InChI=1S/C18H19N3O3/c1-24-16-8-3-2-7-15(16)20-18(23)13-10-17(22)21(11-13)12-14-6-4-5-9-19-14/h2-9,13H,10-12H2,1H3,(H,20,23). The van der Waals surface area contributed by atoms with E-state index in [9.17, 15) is 9.59 Å². The van der Waals surface area contributed by atoms with Gasteiger partial charge in [0.05, 0.1) is 31.0 Å². The van der Waals surface area contributed by atoms with Gasteiger partial charge in [-0.15, -0.1) is 0 Å². The molecule has 2 amide bonds. The van der Waals surface area contributed by atoms with Gasteiger partial charge >= 0.3 is 0 Å². The zero-order valence-electron chi connectivity index (χ0n) is 13.4. The third-order valence-electron chi connectivity index (χ3n) is 4.03. The molecule has 2 aromatic rings. The molecule has 0 radical (unpaired) electrons. The smallest absolute Gasteiger partial charge is 0.229 e. The van der Waals surface area contributed by atoms with Gasteiger partial charge in [-0.05, 0) is 24.3 Å². The van der Waals surface area contributed by atoms with Crippen molar-refractivity contribution in [3.05, 3.63) is 54.4 Å². The molecule has 1 atom stereocenters. The van der Waals surface area contributed by atoms with Crippen molar-refractivity contribution in [2.75, 3.05) is 19.0 Å².